The Morgan fingerprint density at radius 3 is 2.81 bits per heavy atom. The third kappa shape index (κ3) is 4.17. The molecule has 7 heteroatoms. The summed E-state index contributed by atoms with van der Waals surface area (Å²) >= 11 is 5.98. The van der Waals surface area contributed by atoms with E-state index < -0.39 is 0 Å². The minimum absolute atomic E-state index is 0.159. The van der Waals surface area contributed by atoms with E-state index in [1.807, 2.05) is 31.2 Å². The van der Waals surface area contributed by atoms with Crippen LogP contribution in [0.2, 0.25) is 5.02 Å². The van der Waals surface area contributed by atoms with E-state index in [0.717, 1.165) is 69.1 Å². The number of likely N-dealkylation sites (tertiary alicyclic amines) is 1. The number of rotatable bonds is 6. The minimum atomic E-state index is -0.338. The Morgan fingerprint density at radius 1 is 1.37 bits per heavy atom. The van der Waals surface area contributed by atoms with Crippen LogP contribution in [0.4, 0.5) is 0 Å². The summed E-state index contributed by atoms with van der Waals surface area (Å²) in [5.41, 5.74) is 0.741. The Labute approximate surface area is 164 Å². The van der Waals surface area contributed by atoms with E-state index in [4.69, 9.17) is 11.6 Å². The maximum atomic E-state index is 12.8. The molecule has 1 saturated heterocycles. The topological polar surface area (TPSA) is 73.9 Å². The van der Waals surface area contributed by atoms with Crippen LogP contribution in [0.25, 0.3) is 0 Å². The van der Waals surface area contributed by atoms with Crippen molar-refractivity contribution in [3.63, 3.8) is 0 Å². The van der Waals surface area contributed by atoms with E-state index in [1.54, 1.807) is 0 Å². The summed E-state index contributed by atoms with van der Waals surface area (Å²) < 4.78 is 0. The van der Waals surface area contributed by atoms with Gasteiger partial charge in [0, 0.05) is 18.1 Å². The smallest absolute Gasteiger partial charge is 0.230 e. The van der Waals surface area contributed by atoms with Crippen molar-refractivity contribution >= 4 is 17.5 Å². The second-order valence-electron chi connectivity index (χ2n) is 7.88. The van der Waals surface area contributed by atoms with Gasteiger partial charge in [-0.25, -0.2) is 4.98 Å². The number of H-pyrrole nitrogens is 1. The number of benzene rings is 1. The van der Waals surface area contributed by atoms with Crippen molar-refractivity contribution in [2.24, 2.45) is 5.92 Å². The van der Waals surface area contributed by atoms with E-state index in [0.29, 0.717) is 10.9 Å². The van der Waals surface area contributed by atoms with Gasteiger partial charge in [0.05, 0.1) is 12.0 Å². The highest BCUT2D eigenvalue weighted by Gasteiger charge is 2.51. The second kappa shape index (κ2) is 7.60. The van der Waals surface area contributed by atoms with Crippen LogP contribution in [0, 0.1) is 12.8 Å². The normalized spacial score (nSPS) is 21.8. The Bertz CT molecular complexity index is 799. The first-order chi connectivity index (χ1) is 13.0. The van der Waals surface area contributed by atoms with Crippen LogP contribution < -0.4 is 5.32 Å². The molecule has 1 atom stereocenters. The molecule has 1 aromatic carbocycles. The number of aromatic amines is 1. The highest BCUT2D eigenvalue weighted by molar-refractivity contribution is 6.30. The zero-order valence-electron chi connectivity index (χ0n) is 15.7. The van der Waals surface area contributed by atoms with E-state index in [2.05, 4.69) is 25.4 Å². The highest BCUT2D eigenvalue weighted by Crippen LogP contribution is 2.48. The number of piperidine rings is 1. The van der Waals surface area contributed by atoms with Gasteiger partial charge in [0.15, 0.2) is 5.82 Å². The number of hydrogen-bond donors (Lipinski definition) is 2. The van der Waals surface area contributed by atoms with Crippen LogP contribution in [0.3, 0.4) is 0 Å². The lowest BCUT2D eigenvalue weighted by molar-refractivity contribution is -0.123. The summed E-state index contributed by atoms with van der Waals surface area (Å²) in [6, 6.07) is 7.70. The molecule has 2 aliphatic rings. The lowest BCUT2D eigenvalue weighted by Gasteiger charge is -2.32. The van der Waals surface area contributed by atoms with Gasteiger partial charge in [-0.3, -0.25) is 14.8 Å². The van der Waals surface area contributed by atoms with E-state index in [9.17, 15) is 4.79 Å². The molecule has 1 unspecified atom stereocenters. The predicted octanol–water partition coefficient (Wildman–Crippen LogP) is 2.83. The fourth-order valence-electron chi connectivity index (χ4n) is 4.07. The largest absolute Gasteiger partial charge is 0.355 e. The molecule has 2 heterocycles. The molecule has 1 aliphatic carbocycles. The van der Waals surface area contributed by atoms with Crippen LogP contribution in [0.5, 0.6) is 0 Å². The van der Waals surface area contributed by atoms with Gasteiger partial charge in [-0.2, -0.15) is 5.10 Å². The molecule has 2 fully saturated rings. The third-order valence-corrected chi connectivity index (χ3v) is 6.00. The standard InChI is InChI=1S/C20H26ClN5O/c1-14-23-18(25-24-14)13-26-10-2-3-15(12-26)11-22-19(27)20(8-9-20)16-4-6-17(21)7-5-16/h4-7,15H,2-3,8-13H2,1H3,(H,22,27)(H,23,24,25). The Balaban J connectivity index is 1.30. The van der Waals surface area contributed by atoms with Crippen molar-refractivity contribution < 1.29 is 4.79 Å². The summed E-state index contributed by atoms with van der Waals surface area (Å²) in [6.07, 6.45) is 4.13. The van der Waals surface area contributed by atoms with Gasteiger partial charge in [0.1, 0.15) is 5.82 Å². The van der Waals surface area contributed by atoms with Crippen LogP contribution >= 0.6 is 11.6 Å². The van der Waals surface area contributed by atoms with Gasteiger partial charge in [0.25, 0.3) is 0 Å². The zero-order valence-corrected chi connectivity index (χ0v) is 16.4. The molecule has 1 saturated carbocycles. The number of aromatic nitrogens is 3. The van der Waals surface area contributed by atoms with Crippen molar-refractivity contribution in [1.29, 1.82) is 0 Å². The molecular weight excluding hydrogens is 362 g/mol. The first kappa shape index (κ1) is 18.4. The first-order valence-corrected chi connectivity index (χ1v) is 10.1. The first-order valence-electron chi connectivity index (χ1n) is 9.70. The SMILES string of the molecule is Cc1nc(CN2CCCC(CNC(=O)C3(c4ccc(Cl)cc4)CC3)C2)n[nH]1. The summed E-state index contributed by atoms with van der Waals surface area (Å²) in [7, 11) is 0. The molecule has 2 N–H and O–H groups in total. The Kier molecular flexibility index (Phi) is 5.19. The van der Waals surface area contributed by atoms with E-state index >= 15 is 0 Å². The summed E-state index contributed by atoms with van der Waals surface area (Å²) in [5, 5.41) is 11.1. The molecule has 2 aromatic rings. The van der Waals surface area contributed by atoms with Crippen LogP contribution in [-0.4, -0.2) is 45.6 Å². The molecule has 6 nitrogen and oxygen atoms in total. The summed E-state index contributed by atoms with van der Waals surface area (Å²) in [5.74, 6) is 2.33. The number of carbonyl (C=O) groups is 1. The molecule has 4 rings (SSSR count). The van der Waals surface area contributed by atoms with Crippen LogP contribution in [0.15, 0.2) is 24.3 Å². The number of amides is 1. The molecule has 0 spiro atoms. The lowest BCUT2D eigenvalue weighted by Crippen LogP contribution is -2.43. The van der Waals surface area contributed by atoms with E-state index in [-0.39, 0.29) is 11.3 Å². The van der Waals surface area contributed by atoms with Gasteiger partial charge < -0.3 is 5.32 Å². The fourth-order valence-corrected chi connectivity index (χ4v) is 4.19. The maximum Gasteiger partial charge on any atom is 0.230 e. The summed E-state index contributed by atoms with van der Waals surface area (Å²) in [6.45, 7) is 5.45. The minimum Gasteiger partial charge on any atom is -0.355 e. The van der Waals surface area contributed by atoms with Gasteiger partial charge in [-0.1, -0.05) is 23.7 Å². The van der Waals surface area contributed by atoms with E-state index in [1.165, 1.54) is 0 Å². The molecular formula is C20H26ClN5O. The van der Waals surface area contributed by atoms with Gasteiger partial charge in [-0.05, 0) is 62.8 Å². The average Bonchev–Trinajstić information content (AvgIpc) is 3.38. The van der Waals surface area contributed by atoms with Crippen molar-refractivity contribution in [2.45, 2.75) is 44.6 Å². The average molecular weight is 388 g/mol. The number of carbonyl (C=O) groups excluding carboxylic acids is 1. The molecule has 144 valence electrons. The summed E-state index contributed by atoms with van der Waals surface area (Å²) in [4.78, 5) is 19.6. The zero-order chi connectivity index (χ0) is 18.9. The number of nitrogens with one attached hydrogen (secondary N) is 2. The van der Waals surface area contributed by atoms with Gasteiger partial charge >= 0.3 is 0 Å². The second-order valence-corrected chi connectivity index (χ2v) is 8.32. The van der Waals surface area contributed by atoms with Gasteiger partial charge in [-0.15, -0.1) is 0 Å². The molecule has 0 radical (unpaired) electrons. The quantitative estimate of drug-likeness (QED) is 0.799. The molecule has 1 aromatic heterocycles. The van der Waals surface area contributed by atoms with Crippen molar-refractivity contribution in [3.05, 3.63) is 46.5 Å². The molecule has 1 aliphatic heterocycles. The number of halogens is 1. The van der Waals surface area contributed by atoms with Crippen molar-refractivity contribution in [3.8, 4) is 0 Å². The van der Waals surface area contributed by atoms with Gasteiger partial charge in [0.2, 0.25) is 5.91 Å². The monoisotopic (exact) mass is 387 g/mol. The number of hydrogen-bond acceptors (Lipinski definition) is 4. The van der Waals surface area contributed by atoms with Crippen LogP contribution in [-0.2, 0) is 16.8 Å². The van der Waals surface area contributed by atoms with Crippen molar-refractivity contribution in [2.75, 3.05) is 19.6 Å². The van der Waals surface area contributed by atoms with Crippen LogP contribution in [0.1, 0.15) is 42.9 Å². The highest BCUT2D eigenvalue weighted by atomic mass is 35.5. The predicted molar refractivity (Wildman–Crippen MR) is 104 cm³/mol. The molecule has 1 amide bonds. The number of nitrogens with zero attached hydrogens (tertiary/aromatic N) is 3. The lowest BCUT2D eigenvalue weighted by atomic mass is 9.93. The Hall–Kier alpha value is -1.92. The Morgan fingerprint density at radius 2 is 2.15 bits per heavy atom. The third-order valence-electron chi connectivity index (χ3n) is 5.74. The maximum absolute atomic E-state index is 12.8. The number of aryl methyl sites for hydroxylation is 1. The fraction of sp³-hybridized carbons (Fsp3) is 0.550. The van der Waals surface area contributed by atoms with Crippen molar-refractivity contribution in [1.82, 2.24) is 25.4 Å². The molecule has 0 bridgehead atoms. The molecule has 27 heavy (non-hydrogen) atoms.